The fourth-order valence-corrected chi connectivity index (χ4v) is 3.72. The van der Waals surface area contributed by atoms with Gasteiger partial charge in [-0.15, -0.1) is 5.10 Å². The maximum Gasteiger partial charge on any atom is 0.181 e. The van der Waals surface area contributed by atoms with E-state index >= 15 is 0 Å². The molecule has 4 aromatic rings. The molecular formula is C22H15ClN4O2. The van der Waals surface area contributed by atoms with E-state index in [-0.39, 0.29) is 5.78 Å². The highest BCUT2D eigenvalue weighted by Gasteiger charge is 2.42. The van der Waals surface area contributed by atoms with Crippen LogP contribution in [-0.2, 0) is 0 Å². The maximum atomic E-state index is 13.5. The summed E-state index contributed by atoms with van der Waals surface area (Å²) in [5.41, 5.74) is 2.12. The zero-order valence-electron chi connectivity index (χ0n) is 15.1. The van der Waals surface area contributed by atoms with Gasteiger partial charge in [0.1, 0.15) is 17.8 Å². The Morgan fingerprint density at radius 3 is 2.41 bits per heavy atom. The van der Waals surface area contributed by atoms with Crippen LogP contribution in [0.4, 0.5) is 0 Å². The monoisotopic (exact) mass is 402 g/mol. The Bertz CT molecular complexity index is 1170. The topological polar surface area (TPSA) is 69.9 Å². The minimum atomic E-state index is -0.696. The summed E-state index contributed by atoms with van der Waals surface area (Å²) in [4.78, 5) is 13.5. The van der Waals surface area contributed by atoms with E-state index in [4.69, 9.17) is 16.3 Å². The number of tetrazole rings is 1. The highest BCUT2D eigenvalue weighted by Crippen LogP contribution is 2.43. The van der Waals surface area contributed by atoms with Crippen LogP contribution >= 0.6 is 11.6 Å². The van der Waals surface area contributed by atoms with Crippen LogP contribution in [0.5, 0.6) is 5.75 Å². The van der Waals surface area contributed by atoms with E-state index in [9.17, 15) is 4.79 Å². The number of carbonyl (C=O) groups excluding carboxylic acids is 1. The largest absolute Gasteiger partial charge is 0.484 e. The summed E-state index contributed by atoms with van der Waals surface area (Å²) in [6.45, 7) is 0. The van der Waals surface area contributed by atoms with E-state index in [1.807, 2.05) is 60.7 Å². The molecule has 2 heterocycles. The molecule has 0 aliphatic carbocycles. The molecule has 5 rings (SSSR count). The van der Waals surface area contributed by atoms with Crippen molar-refractivity contribution in [1.82, 2.24) is 20.2 Å². The Morgan fingerprint density at radius 1 is 0.897 bits per heavy atom. The van der Waals surface area contributed by atoms with Crippen LogP contribution in [0.2, 0.25) is 5.02 Å². The molecular weight excluding hydrogens is 388 g/mol. The molecule has 0 saturated carbocycles. The average Bonchev–Trinajstić information content (AvgIpc) is 3.24. The van der Waals surface area contributed by atoms with E-state index in [0.29, 0.717) is 27.8 Å². The van der Waals surface area contributed by atoms with E-state index in [1.165, 1.54) is 0 Å². The van der Waals surface area contributed by atoms with Crippen LogP contribution in [0.15, 0.2) is 78.9 Å². The third kappa shape index (κ3) is 3.07. The van der Waals surface area contributed by atoms with Gasteiger partial charge < -0.3 is 4.74 Å². The second kappa shape index (κ2) is 7.14. The highest BCUT2D eigenvalue weighted by molar-refractivity contribution is 6.30. The number of nitrogens with zero attached hydrogens (tertiary/aromatic N) is 4. The van der Waals surface area contributed by atoms with Gasteiger partial charge in [-0.2, -0.15) is 4.68 Å². The Kier molecular flexibility index (Phi) is 4.33. The molecule has 1 aliphatic heterocycles. The van der Waals surface area contributed by atoms with E-state index in [0.717, 1.165) is 5.56 Å². The van der Waals surface area contributed by atoms with Gasteiger partial charge in [0.05, 0.1) is 11.3 Å². The van der Waals surface area contributed by atoms with Crippen LogP contribution in [0.3, 0.4) is 0 Å². The van der Waals surface area contributed by atoms with Crippen molar-refractivity contribution in [2.24, 2.45) is 0 Å². The minimum Gasteiger partial charge on any atom is -0.484 e. The fourth-order valence-electron chi connectivity index (χ4n) is 3.59. The summed E-state index contributed by atoms with van der Waals surface area (Å²) in [7, 11) is 0. The molecule has 2 atom stereocenters. The zero-order valence-corrected chi connectivity index (χ0v) is 15.9. The molecule has 7 heteroatoms. The number of hydrogen-bond donors (Lipinski definition) is 0. The van der Waals surface area contributed by atoms with Crippen LogP contribution in [0.1, 0.15) is 33.8 Å². The molecule has 0 spiro atoms. The second-order valence-electron chi connectivity index (χ2n) is 6.71. The van der Waals surface area contributed by atoms with Gasteiger partial charge in [0.2, 0.25) is 0 Å². The first kappa shape index (κ1) is 17.6. The number of benzene rings is 3. The molecule has 6 nitrogen and oxygen atoms in total. The number of fused-ring (bicyclic) bond motifs is 1. The average molecular weight is 403 g/mol. The number of carbonyl (C=O) groups is 1. The normalized spacial score (nSPS) is 18.2. The predicted molar refractivity (Wildman–Crippen MR) is 107 cm³/mol. The number of para-hydroxylation sites is 1. The third-order valence-corrected chi connectivity index (χ3v) is 5.21. The summed E-state index contributed by atoms with van der Waals surface area (Å²) in [6.07, 6.45) is -0.546. The molecule has 3 aromatic carbocycles. The Balaban J connectivity index is 1.67. The first-order chi connectivity index (χ1) is 14.2. The van der Waals surface area contributed by atoms with Gasteiger partial charge in [0.15, 0.2) is 11.6 Å². The van der Waals surface area contributed by atoms with Gasteiger partial charge in [-0.05, 0) is 52.4 Å². The van der Waals surface area contributed by atoms with E-state index in [2.05, 4.69) is 15.5 Å². The Labute approximate surface area is 171 Å². The smallest absolute Gasteiger partial charge is 0.181 e. The number of ether oxygens (including phenoxy) is 1. The van der Waals surface area contributed by atoms with Crippen molar-refractivity contribution >= 4 is 17.4 Å². The molecule has 0 radical (unpaired) electrons. The summed E-state index contributed by atoms with van der Waals surface area (Å²) < 4.78 is 7.85. The first-order valence-corrected chi connectivity index (χ1v) is 9.49. The highest BCUT2D eigenvalue weighted by atomic mass is 35.5. The van der Waals surface area contributed by atoms with Crippen molar-refractivity contribution in [2.75, 3.05) is 0 Å². The fraction of sp³-hybridized carbons (Fsp3) is 0.0909. The molecule has 29 heavy (non-hydrogen) atoms. The number of ketones is 1. The zero-order chi connectivity index (χ0) is 19.8. The molecule has 1 aromatic heterocycles. The van der Waals surface area contributed by atoms with Crippen molar-refractivity contribution in [1.29, 1.82) is 0 Å². The third-order valence-electron chi connectivity index (χ3n) is 4.96. The van der Waals surface area contributed by atoms with Crippen LogP contribution in [-0.4, -0.2) is 26.0 Å². The van der Waals surface area contributed by atoms with Crippen molar-refractivity contribution in [3.63, 3.8) is 0 Å². The quantitative estimate of drug-likeness (QED) is 0.507. The maximum absolute atomic E-state index is 13.5. The standard InChI is InChI=1S/C22H15ClN4O2/c23-15-10-12-16(13-11-15)27-22(24-25-26-27)19-20(28)17-8-4-5-9-18(17)29-21(19)14-6-2-1-3-7-14/h1-13,19,21H/t19-,21+/m1/s1. The molecule has 0 N–H and O–H groups in total. The van der Waals surface area contributed by atoms with Crippen LogP contribution in [0.25, 0.3) is 5.69 Å². The molecule has 0 fully saturated rings. The summed E-state index contributed by atoms with van der Waals surface area (Å²) in [5.74, 6) is 0.206. The molecule has 0 bridgehead atoms. The molecule has 0 saturated heterocycles. The second-order valence-corrected chi connectivity index (χ2v) is 7.15. The predicted octanol–water partition coefficient (Wildman–Crippen LogP) is 4.42. The van der Waals surface area contributed by atoms with Crippen molar-refractivity contribution in [2.45, 2.75) is 12.0 Å². The Morgan fingerprint density at radius 2 is 1.62 bits per heavy atom. The van der Waals surface area contributed by atoms with Gasteiger partial charge in [0, 0.05) is 5.02 Å². The van der Waals surface area contributed by atoms with Gasteiger partial charge in [-0.1, -0.05) is 54.1 Å². The lowest BCUT2D eigenvalue weighted by atomic mass is 9.85. The van der Waals surface area contributed by atoms with Gasteiger partial charge in [-0.3, -0.25) is 4.79 Å². The van der Waals surface area contributed by atoms with Crippen molar-refractivity contribution in [3.05, 3.63) is 101 Å². The number of Topliss-reactive ketones (excluding diaryl/α,β-unsaturated/α-hetero) is 1. The van der Waals surface area contributed by atoms with E-state index < -0.39 is 12.0 Å². The van der Waals surface area contributed by atoms with Crippen LogP contribution < -0.4 is 4.74 Å². The summed E-state index contributed by atoms with van der Waals surface area (Å²) >= 11 is 6.01. The number of aromatic nitrogens is 4. The van der Waals surface area contributed by atoms with Gasteiger partial charge in [-0.25, -0.2) is 0 Å². The molecule has 0 amide bonds. The van der Waals surface area contributed by atoms with Gasteiger partial charge >= 0.3 is 0 Å². The van der Waals surface area contributed by atoms with Crippen molar-refractivity contribution in [3.8, 4) is 11.4 Å². The summed E-state index contributed by atoms with van der Waals surface area (Å²) in [5, 5.41) is 12.8. The van der Waals surface area contributed by atoms with Crippen LogP contribution in [0, 0.1) is 0 Å². The molecule has 0 unspecified atom stereocenters. The molecule has 1 aliphatic rings. The number of rotatable bonds is 3. The minimum absolute atomic E-state index is 0.0780. The lowest BCUT2D eigenvalue weighted by Crippen LogP contribution is -2.32. The Hall–Kier alpha value is -3.51. The van der Waals surface area contributed by atoms with Gasteiger partial charge in [0.25, 0.3) is 0 Å². The lowest BCUT2D eigenvalue weighted by Gasteiger charge is -2.32. The number of hydrogen-bond acceptors (Lipinski definition) is 5. The number of halogens is 1. The van der Waals surface area contributed by atoms with E-state index in [1.54, 1.807) is 22.9 Å². The van der Waals surface area contributed by atoms with Crippen molar-refractivity contribution < 1.29 is 9.53 Å². The molecule has 142 valence electrons. The lowest BCUT2D eigenvalue weighted by molar-refractivity contribution is 0.0768. The summed E-state index contributed by atoms with van der Waals surface area (Å²) in [6, 6.07) is 24.0. The SMILES string of the molecule is O=C1c2ccccc2O[C@@H](c2ccccc2)[C@@H]1c1nnnn1-c1ccc(Cl)cc1. The first-order valence-electron chi connectivity index (χ1n) is 9.11.